The van der Waals surface area contributed by atoms with Crippen molar-refractivity contribution in [2.75, 3.05) is 13.2 Å². The highest BCUT2D eigenvalue weighted by atomic mass is 32.2. The molecule has 1 saturated heterocycles. The maximum Gasteiger partial charge on any atom is 0.207 e. The summed E-state index contributed by atoms with van der Waals surface area (Å²) < 4.78 is 37.3. The first-order valence-electron chi connectivity index (χ1n) is 8.39. The summed E-state index contributed by atoms with van der Waals surface area (Å²) in [6, 6.07) is 12.3. The van der Waals surface area contributed by atoms with Crippen LogP contribution in [0.4, 0.5) is 0 Å². The van der Waals surface area contributed by atoms with Crippen molar-refractivity contribution in [2.24, 2.45) is 0 Å². The molecule has 1 aliphatic rings. The molecule has 2 aromatic rings. The van der Waals surface area contributed by atoms with E-state index >= 15 is 0 Å². The van der Waals surface area contributed by atoms with Gasteiger partial charge in [0.05, 0.1) is 16.4 Å². The lowest BCUT2D eigenvalue weighted by molar-refractivity contribution is 0.263. The Hall–Kier alpha value is -1.85. The van der Waals surface area contributed by atoms with Gasteiger partial charge in [-0.2, -0.15) is 0 Å². The third-order valence-electron chi connectivity index (χ3n) is 4.26. The summed E-state index contributed by atoms with van der Waals surface area (Å²) in [6.45, 7) is 9.09. The van der Waals surface area contributed by atoms with Crippen molar-refractivity contribution in [1.29, 1.82) is 0 Å². The molecule has 25 heavy (non-hydrogen) atoms. The lowest BCUT2D eigenvalue weighted by Crippen LogP contribution is -2.17. The SMILES string of the molecule is Cc1cc(OCC2CO2)ccc1S(=O)(=O)c1ccccc1C(C)(C)C. The van der Waals surface area contributed by atoms with E-state index in [1.165, 1.54) is 0 Å². The van der Waals surface area contributed by atoms with Crippen LogP contribution in [0.15, 0.2) is 52.3 Å². The van der Waals surface area contributed by atoms with Crippen LogP contribution in [0.5, 0.6) is 5.75 Å². The fourth-order valence-electron chi connectivity index (χ4n) is 2.81. The minimum Gasteiger partial charge on any atom is -0.491 e. The molecule has 1 unspecified atom stereocenters. The van der Waals surface area contributed by atoms with Crippen LogP contribution >= 0.6 is 0 Å². The van der Waals surface area contributed by atoms with Gasteiger partial charge in [0.1, 0.15) is 18.5 Å². The van der Waals surface area contributed by atoms with Crippen LogP contribution in [0.1, 0.15) is 31.9 Å². The molecule has 2 aromatic carbocycles. The van der Waals surface area contributed by atoms with Crippen LogP contribution in [-0.2, 0) is 20.0 Å². The van der Waals surface area contributed by atoms with Gasteiger partial charge in [-0.05, 0) is 47.7 Å². The minimum absolute atomic E-state index is 0.169. The fourth-order valence-corrected chi connectivity index (χ4v) is 4.69. The van der Waals surface area contributed by atoms with E-state index in [1.54, 1.807) is 37.3 Å². The van der Waals surface area contributed by atoms with Crippen molar-refractivity contribution in [1.82, 2.24) is 0 Å². The van der Waals surface area contributed by atoms with Gasteiger partial charge in [0, 0.05) is 0 Å². The summed E-state index contributed by atoms with van der Waals surface area (Å²) in [5, 5.41) is 0. The molecule has 0 spiro atoms. The molecule has 0 bridgehead atoms. The number of benzene rings is 2. The molecule has 0 aliphatic carbocycles. The normalized spacial score (nSPS) is 17.4. The van der Waals surface area contributed by atoms with Gasteiger partial charge in [-0.25, -0.2) is 8.42 Å². The summed E-state index contributed by atoms with van der Waals surface area (Å²) in [4.78, 5) is 0.685. The van der Waals surface area contributed by atoms with Gasteiger partial charge in [0.15, 0.2) is 0 Å². The molecule has 0 radical (unpaired) electrons. The summed E-state index contributed by atoms with van der Waals surface area (Å²) >= 11 is 0. The van der Waals surface area contributed by atoms with Crippen molar-refractivity contribution in [3.8, 4) is 5.75 Å². The zero-order valence-corrected chi connectivity index (χ0v) is 15.9. The van der Waals surface area contributed by atoms with E-state index in [-0.39, 0.29) is 11.5 Å². The number of hydrogen-bond donors (Lipinski definition) is 0. The molecule has 3 rings (SSSR count). The van der Waals surface area contributed by atoms with Crippen molar-refractivity contribution >= 4 is 9.84 Å². The largest absolute Gasteiger partial charge is 0.491 e. The Bertz CT molecular complexity index is 875. The number of ether oxygens (including phenoxy) is 2. The average molecular weight is 360 g/mol. The standard InChI is InChI=1S/C20H24O4S/c1-14-11-15(23-12-16-13-24-16)9-10-18(14)25(21,22)19-8-6-5-7-17(19)20(2,3)4/h5-11,16H,12-13H2,1-4H3. The molecule has 1 aliphatic heterocycles. The van der Waals surface area contributed by atoms with Gasteiger partial charge in [0.25, 0.3) is 0 Å². The molecule has 4 nitrogen and oxygen atoms in total. The molecule has 0 saturated carbocycles. The Morgan fingerprint density at radius 3 is 2.40 bits per heavy atom. The first-order valence-corrected chi connectivity index (χ1v) is 9.87. The van der Waals surface area contributed by atoms with Gasteiger partial charge in [-0.3, -0.25) is 0 Å². The predicted octanol–water partition coefficient (Wildman–Crippen LogP) is 3.90. The Morgan fingerprint density at radius 1 is 1.12 bits per heavy atom. The number of rotatable bonds is 5. The molecular weight excluding hydrogens is 336 g/mol. The van der Waals surface area contributed by atoms with E-state index in [9.17, 15) is 8.42 Å². The third kappa shape index (κ3) is 3.88. The first kappa shape index (κ1) is 18.0. The van der Waals surface area contributed by atoms with Crippen LogP contribution in [-0.4, -0.2) is 27.7 Å². The maximum absolute atomic E-state index is 13.2. The van der Waals surface area contributed by atoms with Crippen LogP contribution in [0.2, 0.25) is 0 Å². The quantitative estimate of drug-likeness (QED) is 0.759. The van der Waals surface area contributed by atoms with E-state index in [0.29, 0.717) is 27.7 Å². The Balaban J connectivity index is 1.98. The van der Waals surface area contributed by atoms with Gasteiger partial charge in [0.2, 0.25) is 9.84 Å². The molecule has 0 N–H and O–H groups in total. The predicted molar refractivity (Wildman–Crippen MR) is 97.0 cm³/mol. The smallest absolute Gasteiger partial charge is 0.207 e. The second kappa shape index (κ2) is 6.46. The monoisotopic (exact) mass is 360 g/mol. The highest BCUT2D eigenvalue weighted by molar-refractivity contribution is 7.91. The van der Waals surface area contributed by atoms with E-state index in [1.807, 2.05) is 32.9 Å². The van der Waals surface area contributed by atoms with Crippen molar-refractivity contribution in [2.45, 2.75) is 49.0 Å². The second-order valence-corrected chi connectivity index (χ2v) is 9.33. The number of aryl methyl sites for hydroxylation is 1. The summed E-state index contributed by atoms with van der Waals surface area (Å²) in [5.41, 5.74) is 1.24. The van der Waals surface area contributed by atoms with Crippen LogP contribution in [0.3, 0.4) is 0 Å². The van der Waals surface area contributed by atoms with E-state index in [0.717, 1.165) is 12.2 Å². The number of sulfone groups is 1. The minimum atomic E-state index is -3.60. The van der Waals surface area contributed by atoms with E-state index in [4.69, 9.17) is 9.47 Å². The lowest BCUT2D eigenvalue weighted by Gasteiger charge is -2.23. The third-order valence-corrected chi connectivity index (χ3v) is 6.23. The number of hydrogen-bond acceptors (Lipinski definition) is 4. The van der Waals surface area contributed by atoms with Crippen LogP contribution in [0, 0.1) is 6.92 Å². The van der Waals surface area contributed by atoms with Crippen molar-refractivity contribution in [3.05, 3.63) is 53.6 Å². The zero-order chi connectivity index (χ0) is 18.2. The zero-order valence-electron chi connectivity index (χ0n) is 15.1. The molecule has 1 fully saturated rings. The molecule has 0 aromatic heterocycles. The second-order valence-electron chi connectivity index (χ2n) is 7.44. The highest BCUT2D eigenvalue weighted by Gasteiger charge is 2.28. The lowest BCUT2D eigenvalue weighted by atomic mass is 9.87. The molecule has 1 heterocycles. The summed E-state index contributed by atoms with van der Waals surface area (Å²) in [6.07, 6.45) is 0.169. The van der Waals surface area contributed by atoms with Crippen molar-refractivity contribution in [3.63, 3.8) is 0 Å². The van der Waals surface area contributed by atoms with Gasteiger partial charge < -0.3 is 9.47 Å². The molecule has 0 amide bonds. The molecular formula is C20H24O4S. The fraction of sp³-hybridized carbons (Fsp3) is 0.400. The van der Waals surface area contributed by atoms with Crippen LogP contribution in [0.25, 0.3) is 0 Å². The van der Waals surface area contributed by atoms with E-state index in [2.05, 4.69) is 0 Å². The molecule has 134 valence electrons. The van der Waals surface area contributed by atoms with Crippen molar-refractivity contribution < 1.29 is 17.9 Å². The summed E-state index contributed by atoms with van der Waals surface area (Å²) in [7, 11) is -3.60. The van der Waals surface area contributed by atoms with Crippen LogP contribution < -0.4 is 4.74 Å². The topological polar surface area (TPSA) is 55.9 Å². The van der Waals surface area contributed by atoms with Gasteiger partial charge in [-0.15, -0.1) is 0 Å². The first-order chi connectivity index (χ1) is 11.7. The van der Waals surface area contributed by atoms with Gasteiger partial charge >= 0.3 is 0 Å². The summed E-state index contributed by atoms with van der Waals surface area (Å²) in [5.74, 6) is 0.663. The highest BCUT2D eigenvalue weighted by Crippen LogP contribution is 2.34. The molecule has 1 atom stereocenters. The van der Waals surface area contributed by atoms with E-state index < -0.39 is 9.84 Å². The Kier molecular flexibility index (Phi) is 4.64. The molecule has 5 heteroatoms. The maximum atomic E-state index is 13.2. The average Bonchev–Trinajstić information content (AvgIpc) is 3.36. The number of epoxide rings is 1. The Morgan fingerprint density at radius 2 is 1.80 bits per heavy atom. The Labute approximate surface area is 149 Å². The van der Waals surface area contributed by atoms with Gasteiger partial charge in [-0.1, -0.05) is 39.0 Å².